The molecule has 1 saturated carbocycles. The van der Waals surface area contributed by atoms with E-state index in [9.17, 15) is 8.42 Å². The maximum Gasteiger partial charge on any atom is 0.245 e. The van der Waals surface area contributed by atoms with Crippen LogP contribution in [-0.2, 0) is 10.0 Å². The van der Waals surface area contributed by atoms with Crippen LogP contribution in [0.2, 0.25) is 0 Å². The summed E-state index contributed by atoms with van der Waals surface area (Å²) in [5.41, 5.74) is 6.13. The van der Waals surface area contributed by atoms with Gasteiger partial charge in [0, 0.05) is 17.1 Å². The fourth-order valence-corrected chi connectivity index (χ4v) is 4.37. The summed E-state index contributed by atoms with van der Waals surface area (Å²) in [7, 11) is -3.53. The zero-order chi connectivity index (χ0) is 14.2. The standard InChI is InChI=1S/C13H19BrN2O2S/c1-9(2)16(8-10-3-4-10)19(17,18)13-7-11(14)5-6-12(13)15/h5-7,9-10H,3-4,8,15H2,1-2H3. The van der Waals surface area contributed by atoms with E-state index in [-0.39, 0.29) is 10.9 Å². The number of benzene rings is 1. The van der Waals surface area contributed by atoms with Crippen molar-refractivity contribution in [2.24, 2.45) is 5.92 Å². The molecule has 0 amide bonds. The molecule has 0 aromatic heterocycles. The number of nitrogen functional groups attached to an aromatic ring is 1. The Morgan fingerprint density at radius 2 is 2.05 bits per heavy atom. The molecule has 6 heteroatoms. The van der Waals surface area contributed by atoms with Gasteiger partial charge in [0.1, 0.15) is 4.90 Å². The molecule has 19 heavy (non-hydrogen) atoms. The summed E-state index contributed by atoms with van der Waals surface area (Å²) < 4.78 is 27.7. The molecule has 1 aromatic carbocycles. The van der Waals surface area contributed by atoms with Gasteiger partial charge in [-0.2, -0.15) is 4.31 Å². The number of hydrogen-bond donors (Lipinski definition) is 1. The first-order valence-corrected chi connectivity index (χ1v) is 8.62. The summed E-state index contributed by atoms with van der Waals surface area (Å²) >= 11 is 3.30. The average Bonchev–Trinajstić information content (AvgIpc) is 3.12. The fourth-order valence-electron chi connectivity index (χ4n) is 2.00. The third-order valence-electron chi connectivity index (χ3n) is 3.27. The molecule has 0 bridgehead atoms. The van der Waals surface area contributed by atoms with Crippen LogP contribution in [0.5, 0.6) is 0 Å². The number of nitrogens with two attached hydrogens (primary N) is 1. The summed E-state index contributed by atoms with van der Waals surface area (Å²) in [5.74, 6) is 0.505. The summed E-state index contributed by atoms with van der Waals surface area (Å²) in [6, 6.07) is 4.87. The monoisotopic (exact) mass is 346 g/mol. The molecule has 0 heterocycles. The number of sulfonamides is 1. The highest BCUT2D eigenvalue weighted by atomic mass is 79.9. The predicted octanol–water partition coefficient (Wildman–Crippen LogP) is 2.84. The Balaban J connectivity index is 2.40. The first-order chi connectivity index (χ1) is 8.82. The lowest BCUT2D eigenvalue weighted by Crippen LogP contribution is -2.38. The van der Waals surface area contributed by atoms with Crippen molar-refractivity contribution in [3.05, 3.63) is 22.7 Å². The lowest BCUT2D eigenvalue weighted by atomic mass is 10.3. The Kier molecular flexibility index (Phi) is 4.23. The Bertz CT molecular complexity index is 568. The van der Waals surface area contributed by atoms with E-state index in [1.807, 2.05) is 13.8 Å². The van der Waals surface area contributed by atoms with Gasteiger partial charge in [-0.05, 0) is 50.8 Å². The molecule has 0 spiro atoms. The molecule has 1 fully saturated rings. The molecular formula is C13H19BrN2O2S. The van der Waals surface area contributed by atoms with E-state index >= 15 is 0 Å². The van der Waals surface area contributed by atoms with E-state index in [2.05, 4.69) is 15.9 Å². The van der Waals surface area contributed by atoms with Crippen molar-refractivity contribution in [3.63, 3.8) is 0 Å². The maximum absolute atomic E-state index is 12.7. The van der Waals surface area contributed by atoms with Crippen molar-refractivity contribution in [2.75, 3.05) is 12.3 Å². The molecule has 1 aromatic rings. The topological polar surface area (TPSA) is 63.4 Å². The zero-order valence-corrected chi connectivity index (χ0v) is 13.5. The second-order valence-electron chi connectivity index (χ2n) is 5.29. The van der Waals surface area contributed by atoms with Gasteiger partial charge in [0.25, 0.3) is 0 Å². The van der Waals surface area contributed by atoms with E-state index in [4.69, 9.17) is 5.73 Å². The molecule has 106 valence electrons. The van der Waals surface area contributed by atoms with Crippen molar-refractivity contribution in [1.82, 2.24) is 4.31 Å². The van der Waals surface area contributed by atoms with E-state index in [0.29, 0.717) is 18.2 Å². The van der Waals surface area contributed by atoms with Crippen molar-refractivity contribution in [2.45, 2.75) is 37.6 Å². The minimum atomic E-state index is -3.53. The summed E-state index contributed by atoms with van der Waals surface area (Å²) in [4.78, 5) is 0.191. The van der Waals surface area contributed by atoms with Crippen molar-refractivity contribution < 1.29 is 8.42 Å². The van der Waals surface area contributed by atoms with Crippen LogP contribution >= 0.6 is 15.9 Å². The number of nitrogens with zero attached hydrogens (tertiary/aromatic N) is 1. The fraction of sp³-hybridized carbons (Fsp3) is 0.538. The molecule has 0 unspecified atom stereocenters. The van der Waals surface area contributed by atoms with Crippen LogP contribution in [0.15, 0.2) is 27.6 Å². The molecule has 1 aliphatic carbocycles. The molecule has 2 N–H and O–H groups in total. The van der Waals surface area contributed by atoms with Gasteiger partial charge in [-0.15, -0.1) is 0 Å². The van der Waals surface area contributed by atoms with Gasteiger partial charge in [0.15, 0.2) is 0 Å². The summed E-state index contributed by atoms with van der Waals surface area (Å²) in [6.45, 7) is 4.38. The second-order valence-corrected chi connectivity index (χ2v) is 8.07. The number of halogens is 1. The van der Waals surface area contributed by atoms with E-state index in [1.165, 1.54) is 0 Å². The Hall–Kier alpha value is -0.590. The van der Waals surface area contributed by atoms with Crippen molar-refractivity contribution in [3.8, 4) is 0 Å². The molecular weight excluding hydrogens is 328 g/mol. The van der Waals surface area contributed by atoms with E-state index in [0.717, 1.165) is 17.3 Å². The molecule has 2 rings (SSSR count). The van der Waals surface area contributed by atoms with Gasteiger partial charge in [0.05, 0.1) is 5.69 Å². The largest absolute Gasteiger partial charge is 0.398 e. The highest BCUT2D eigenvalue weighted by Crippen LogP contribution is 2.34. The number of rotatable bonds is 5. The molecule has 0 atom stereocenters. The van der Waals surface area contributed by atoms with Gasteiger partial charge in [-0.25, -0.2) is 8.42 Å². The van der Waals surface area contributed by atoms with Crippen LogP contribution in [0.4, 0.5) is 5.69 Å². The van der Waals surface area contributed by atoms with Crippen molar-refractivity contribution >= 4 is 31.6 Å². The highest BCUT2D eigenvalue weighted by molar-refractivity contribution is 9.10. The molecule has 1 aliphatic rings. The van der Waals surface area contributed by atoms with Crippen molar-refractivity contribution in [1.29, 1.82) is 0 Å². The third kappa shape index (κ3) is 3.30. The molecule has 0 aliphatic heterocycles. The molecule has 0 saturated heterocycles. The zero-order valence-electron chi connectivity index (χ0n) is 11.1. The van der Waals surface area contributed by atoms with E-state index < -0.39 is 10.0 Å². The van der Waals surface area contributed by atoms with Crippen LogP contribution < -0.4 is 5.73 Å². The third-order valence-corrected chi connectivity index (χ3v) is 5.86. The summed E-state index contributed by atoms with van der Waals surface area (Å²) in [5, 5.41) is 0. The maximum atomic E-state index is 12.7. The normalized spacial score (nSPS) is 16.3. The average molecular weight is 347 g/mol. The first kappa shape index (κ1) is 14.8. The second kappa shape index (κ2) is 5.42. The van der Waals surface area contributed by atoms with Gasteiger partial charge >= 0.3 is 0 Å². The molecule has 4 nitrogen and oxygen atoms in total. The quantitative estimate of drug-likeness (QED) is 0.833. The lowest BCUT2D eigenvalue weighted by molar-refractivity contribution is 0.342. The molecule has 0 radical (unpaired) electrons. The van der Waals surface area contributed by atoms with Crippen LogP contribution in [0.25, 0.3) is 0 Å². The first-order valence-electron chi connectivity index (χ1n) is 6.39. The van der Waals surface area contributed by atoms with Crippen LogP contribution in [0.1, 0.15) is 26.7 Å². The van der Waals surface area contributed by atoms with Crippen LogP contribution in [-0.4, -0.2) is 25.3 Å². The Labute approximate surface area is 123 Å². The van der Waals surface area contributed by atoms with Crippen LogP contribution in [0.3, 0.4) is 0 Å². The minimum Gasteiger partial charge on any atom is -0.398 e. The Morgan fingerprint density at radius 1 is 1.42 bits per heavy atom. The van der Waals surface area contributed by atoms with E-state index in [1.54, 1.807) is 22.5 Å². The smallest absolute Gasteiger partial charge is 0.245 e. The van der Waals surface area contributed by atoms with Gasteiger partial charge in [0.2, 0.25) is 10.0 Å². The predicted molar refractivity (Wildman–Crippen MR) is 80.3 cm³/mol. The highest BCUT2D eigenvalue weighted by Gasteiger charge is 2.34. The minimum absolute atomic E-state index is 0.0658. The van der Waals surface area contributed by atoms with Crippen LogP contribution in [0, 0.1) is 5.92 Å². The summed E-state index contributed by atoms with van der Waals surface area (Å²) in [6.07, 6.45) is 2.24. The Morgan fingerprint density at radius 3 is 2.58 bits per heavy atom. The lowest BCUT2D eigenvalue weighted by Gasteiger charge is -2.26. The number of hydrogen-bond acceptors (Lipinski definition) is 3. The SMILES string of the molecule is CC(C)N(CC1CC1)S(=O)(=O)c1cc(Br)ccc1N. The number of anilines is 1. The van der Waals surface area contributed by atoms with Gasteiger partial charge in [-0.3, -0.25) is 0 Å². The van der Waals surface area contributed by atoms with Gasteiger partial charge in [-0.1, -0.05) is 15.9 Å². The van der Waals surface area contributed by atoms with Gasteiger partial charge < -0.3 is 5.73 Å².